The summed E-state index contributed by atoms with van der Waals surface area (Å²) in [5.41, 5.74) is 4.88. The second kappa shape index (κ2) is 7.01. The van der Waals surface area contributed by atoms with Crippen molar-refractivity contribution in [1.29, 1.82) is 0 Å². The van der Waals surface area contributed by atoms with Crippen molar-refractivity contribution in [3.63, 3.8) is 0 Å². The van der Waals surface area contributed by atoms with Crippen molar-refractivity contribution in [2.75, 3.05) is 0 Å². The van der Waals surface area contributed by atoms with Gasteiger partial charge < -0.3 is 0 Å². The second-order valence-electron chi connectivity index (χ2n) is 5.64. The van der Waals surface area contributed by atoms with Crippen LogP contribution in [0, 0.1) is 13.8 Å². The lowest BCUT2D eigenvalue weighted by Crippen LogP contribution is -2.01. The monoisotopic (exact) mass is 314 g/mol. The van der Waals surface area contributed by atoms with E-state index in [0.717, 1.165) is 28.2 Å². The van der Waals surface area contributed by atoms with Crippen molar-refractivity contribution in [2.45, 2.75) is 13.8 Å². The minimum Gasteiger partial charge on any atom is -0.289 e. The van der Waals surface area contributed by atoms with Gasteiger partial charge in [0, 0.05) is 28.7 Å². The molecule has 0 saturated carbocycles. The van der Waals surface area contributed by atoms with Gasteiger partial charge in [0.25, 0.3) is 0 Å². The molecule has 118 valence electrons. The molecule has 0 aliphatic heterocycles. The normalized spacial score (nSPS) is 11.3. The highest BCUT2D eigenvalue weighted by Gasteiger charge is 2.11. The quantitative estimate of drug-likeness (QED) is 0.529. The molecule has 0 unspecified atom stereocenters. The molecular formula is C21H18N2O. The van der Waals surface area contributed by atoms with E-state index in [1.807, 2.05) is 74.5 Å². The third-order valence-electron chi connectivity index (χ3n) is 3.67. The Morgan fingerprint density at radius 3 is 2.17 bits per heavy atom. The van der Waals surface area contributed by atoms with Crippen molar-refractivity contribution < 1.29 is 4.79 Å². The average molecular weight is 314 g/mol. The van der Waals surface area contributed by atoms with E-state index in [1.165, 1.54) is 0 Å². The Bertz CT molecular complexity index is 822. The summed E-state index contributed by atoms with van der Waals surface area (Å²) in [6.45, 7) is 3.79. The number of ketones is 1. The van der Waals surface area contributed by atoms with Crippen LogP contribution >= 0.6 is 0 Å². The number of allylic oxidation sites excluding steroid dienone is 1. The first-order chi connectivity index (χ1) is 11.6. The predicted octanol–water partition coefficient (Wildman–Crippen LogP) is 4.41. The van der Waals surface area contributed by atoms with E-state index in [0.29, 0.717) is 5.56 Å². The van der Waals surface area contributed by atoms with E-state index in [9.17, 15) is 4.79 Å². The second-order valence-corrected chi connectivity index (χ2v) is 5.64. The van der Waals surface area contributed by atoms with Gasteiger partial charge in [-0.25, -0.2) is 0 Å². The van der Waals surface area contributed by atoms with E-state index >= 15 is 0 Å². The Morgan fingerprint density at radius 2 is 1.54 bits per heavy atom. The molecule has 0 saturated heterocycles. The Balaban J connectivity index is 2.08. The van der Waals surface area contributed by atoms with Crippen LogP contribution in [-0.4, -0.2) is 15.8 Å². The fourth-order valence-electron chi connectivity index (χ4n) is 2.64. The lowest BCUT2D eigenvalue weighted by Gasteiger charge is -2.08. The van der Waals surface area contributed by atoms with E-state index in [1.54, 1.807) is 12.3 Å². The van der Waals surface area contributed by atoms with Gasteiger partial charge in [-0.15, -0.1) is 0 Å². The summed E-state index contributed by atoms with van der Waals surface area (Å²) in [4.78, 5) is 21.5. The minimum atomic E-state index is -0.0480. The maximum Gasteiger partial charge on any atom is 0.186 e. The van der Waals surface area contributed by atoms with Gasteiger partial charge in [-0.3, -0.25) is 14.8 Å². The van der Waals surface area contributed by atoms with E-state index in [-0.39, 0.29) is 5.78 Å². The minimum absolute atomic E-state index is 0.0480. The summed E-state index contributed by atoms with van der Waals surface area (Å²) in [6, 6.07) is 19.2. The third kappa shape index (κ3) is 3.63. The maximum absolute atomic E-state index is 12.8. The third-order valence-corrected chi connectivity index (χ3v) is 3.67. The number of carbonyl (C=O) groups excluding carboxylic acids is 1. The van der Waals surface area contributed by atoms with Crippen LogP contribution in [0.2, 0.25) is 0 Å². The van der Waals surface area contributed by atoms with Crippen LogP contribution < -0.4 is 0 Å². The number of carbonyl (C=O) groups is 1. The van der Waals surface area contributed by atoms with Gasteiger partial charge in [-0.1, -0.05) is 36.4 Å². The molecule has 3 nitrogen and oxygen atoms in total. The lowest BCUT2D eigenvalue weighted by atomic mass is 9.98. The molecule has 2 heterocycles. The van der Waals surface area contributed by atoms with Gasteiger partial charge in [-0.05, 0) is 49.8 Å². The Kier molecular flexibility index (Phi) is 4.62. The molecule has 3 heteroatoms. The van der Waals surface area contributed by atoms with Crippen LogP contribution in [0.5, 0.6) is 0 Å². The number of hydrogen-bond donors (Lipinski definition) is 0. The maximum atomic E-state index is 12.8. The molecule has 24 heavy (non-hydrogen) atoms. The van der Waals surface area contributed by atoms with Crippen molar-refractivity contribution in [1.82, 2.24) is 9.97 Å². The first-order valence-corrected chi connectivity index (χ1v) is 7.81. The number of benzene rings is 1. The highest BCUT2D eigenvalue weighted by molar-refractivity contribution is 6.10. The molecule has 0 atom stereocenters. The number of rotatable bonds is 4. The average Bonchev–Trinajstić information content (AvgIpc) is 2.60. The molecule has 3 rings (SSSR count). The van der Waals surface area contributed by atoms with Gasteiger partial charge in [0.2, 0.25) is 0 Å². The Morgan fingerprint density at radius 1 is 0.875 bits per heavy atom. The summed E-state index contributed by atoms with van der Waals surface area (Å²) < 4.78 is 0. The van der Waals surface area contributed by atoms with Crippen molar-refractivity contribution in [3.8, 4) is 0 Å². The van der Waals surface area contributed by atoms with Crippen molar-refractivity contribution in [2.24, 2.45) is 0 Å². The number of aryl methyl sites for hydroxylation is 2. The molecule has 1 aromatic carbocycles. The molecule has 0 fully saturated rings. The molecule has 2 aromatic heterocycles. The summed E-state index contributed by atoms with van der Waals surface area (Å²) in [7, 11) is 0. The zero-order chi connectivity index (χ0) is 16.9. The van der Waals surface area contributed by atoms with E-state index in [4.69, 9.17) is 0 Å². The number of aromatic nitrogens is 2. The van der Waals surface area contributed by atoms with Gasteiger partial charge in [0.05, 0.1) is 5.69 Å². The van der Waals surface area contributed by atoms with Gasteiger partial charge in [0.15, 0.2) is 5.78 Å². The van der Waals surface area contributed by atoms with Crippen molar-refractivity contribution in [3.05, 3.63) is 101 Å². The number of nitrogens with zero attached hydrogens (tertiary/aromatic N) is 2. The van der Waals surface area contributed by atoms with Crippen LogP contribution in [0.25, 0.3) is 5.57 Å². The highest BCUT2D eigenvalue weighted by atomic mass is 16.1. The smallest absolute Gasteiger partial charge is 0.186 e. The van der Waals surface area contributed by atoms with Crippen LogP contribution in [0.4, 0.5) is 0 Å². The predicted molar refractivity (Wildman–Crippen MR) is 95.8 cm³/mol. The van der Waals surface area contributed by atoms with Crippen LogP contribution in [0.15, 0.2) is 72.9 Å². The van der Waals surface area contributed by atoms with Crippen LogP contribution in [-0.2, 0) is 0 Å². The number of pyridine rings is 2. The SMILES string of the molecule is Cc1cc(C(=O)C=C(c2ccccc2)c2ccccn2)cc(C)n1. The summed E-state index contributed by atoms with van der Waals surface area (Å²) in [6.07, 6.45) is 3.39. The number of hydrogen-bond acceptors (Lipinski definition) is 3. The fourth-order valence-corrected chi connectivity index (χ4v) is 2.64. The van der Waals surface area contributed by atoms with Gasteiger partial charge in [-0.2, -0.15) is 0 Å². The standard InChI is InChI=1S/C21H18N2O/c1-15-12-18(13-16(2)23-15)21(24)14-19(17-8-4-3-5-9-17)20-10-6-7-11-22-20/h3-14H,1-2H3. The largest absolute Gasteiger partial charge is 0.289 e. The fraction of sp³-hybridized carbons (Fsp3) is 0.0952. The molecule has 0 aliphatic rings. The topological polar surface area (TPSA) is 42.9 Å². The zero-order valence-electron chi connectivity index (χ0n) is 13.7. The zero-order valence-corrected chi connectivity index (χ0v) is 13.7. The van der Waals surface area contributed by atoms with E-state index in [2.05, 4.69) is 9.97 Å². The molecule has 3 aromatic rings. The molecule has 0 N–H and O–H groups in total. The summed E-state index contributed by atoms with van der Waals surface area (Å²) >= 11 is 0. The Hall–Kier alpha value is -3.07. The molecule has 0 aliphatic carbocycles. The molecule has 0 spiro atoms. The van der Waals surface area contributed by atoms with Crippen molar-refractivity contribution >= 4 is 11.4 Å². The lowest BCUT2D eigenvalue weighted by molar-refractivity contribution is 0.104. The first-order valence-electron chi connectivity index (χ1n) is 7.81. The first kappa shape index (κ1) is 15.8. The van der Waals surface area contributed by atoms with Crippen LogP contribution in [0.1, 0.15) is 33.0 Å². The van der Waals surface area contributed by atoms with Gasteiger partial charge >= 0.3 is 0 Å². The molecule has 0 amide bonds. The van der Waals surface area contributed by atoms with Gasteiger partial charge in [0.1, 0.15) is 0 Å². The highest BCUT2D eigenvalue weighted by Crippen LogP contribution is 2.22. The van der Waals surface area contributed by atoms with Crippen LogP contribution in [0.3, 0.4) is 0 Å². The summed E-state index contributed by atoms with van der Waals surface area (Å²) in [5.74, 6) is -0.0480. The molecule has 0 radical (unpaired) electrons. The molecule has 0 bridgehead atoms. The van der Waals surface area contributed by atoms with E-state index < -0.39 is 0 Å². The Labute approximate surface area is 141 Å². The summed E-state index contributed by atoms with van der Waals surface area (Å²) in [5, 5.41) is 0. The molecular weight excluding hydrogens is 296 g/mol.